The van der Waals surface area contributed by atoms with Crippen LogP contribution in [-0.2, 0) is 26.5 Å². The quantitative estimate of drug-likeness (QED) is 0.685. The molecule has 0 radical (unpaired) electrons. The highest BCUT2D eigenvalue weighted by Gasteiger charge is 2.39. The van der Waals surface area contributed by atoms with Crippen LogP contribution in [0.3, 0.4) is 0 Å². The lowest BCUT2D eigenvalue weighted by Crippen LogP contribution is -2.58. The van der Waals surface area contributed by atoms with Crippen molar-refractivity contribution in [3.8, 4) is 0 Å². The molecule has 0 unspecified atom stereocenters. The molecule has 6 nitrogen and oxygen atoms in total. The molecule has 0 aliphatic carbocycles. The highest BCUT2D eigenvalue weighted by molar-refractivity contribution is 6.42. The topological polar surface area (TPSA) is 95.9 Å². The minimum Gasteiger partial charge on any atom is -0.473 e. The van der Waals surface area contributed by atoms with E-state index in [1.807, 2.05) is 30.3 Å². The van der Waals surface area contributed by atoms with E-state index in [1.165, 1.54) is 5.56 Å². The van der Waals surface area contributed by atoms with E-state index in [1.54, 1.807) is 6.07 Å². The van der Waals surface area contributed by atoms with Crippen LogP contribution in [0.2, 0.25) is 10.0 Å². The van der Waals surface area contributed by atoms with Crippen molar-refractivity contribution in [2.75, 3.05) is 13.1 Å². The Morgan fingerprint density at radius 2 is 1.62 bits per heavy atom. The van der Waals surface area contributed by atoms with Crippen molar-refractivity contribution >= 4 is 35.1 Å². The number of nitrogens with one attached hydrogen (secondary N) is 1. The molecule has 1 saturated heterocycles. The van der Waals surface area contributed by atoms with Gasteiger partial charge in [-0.2, -0.15) is 0 Å². The number of benzene rings is 2. The first-order chi connectivity index (χ1) is 12.3. The third kappa shape index (κ3) is 5.19. The first-order valence-electron chi connectivity index (χ1n) is 7.64. The van der Waals surface area contributed by atoms with Gasteiger partial charge in [-0.3, -0.25) is 0 Å². The number of hydrogen-bond donors (Lipinski definition) is 3. The lowest BCUT2D eigenvalue weighted by atomic mass is 9.88. The summed E-state index contributed by atoms with van der Waals surface area (Å²) in [5, 5.41) is 19.2. The fourth-order valence-corrected chi connectivity index (χ4v) is 2.66. The Labute approximate surface area is 160 Å². The maximum Gasteiger partial charge on any atom is 0.414 e. The third-order valence-electron chi connectivity index (χ3n) is 3.80. The van der Waals surface area contributed by atoms with Crippen molar-refractivity contribution in [1.82, 2.24) is 5.32 Å². The predicted molar refractivity (Wildman–Crippen MR) is 97.5 cm³/mol. The fourth-order valence-electron chi connectivity index (χ4n) is 2.33. The number of rotatable bonds is 4. The van der Waals surface area contributed by atoms with E-state index in [0.29, 0.717) is 16.7 Å². The maximum absolute atomic E-state index is 9.10. The molecule has 1 aliphatic heterocycles. The summed E-state index contributed by atoms with van der Waals surface area (Å²) in [7, 11) is 0. The van der Waals surface area contributed by atoms with E-state index < -0.39 is 11.9 Å². The molecule has 0 aromatic heterocycles. The van der Waals surface area contributed by atoms with Gasteiger partial charge in [-0.15, -0.1) is 0 Å². The van der Waals surface area contributed by atoms with E-state index in [2.05, 4.69) is 17.4 Å². The summed E-state index contributed by atoms with van der Waals surface area (Å²) in [4.78, 5) is 18.2. The fraction of sp³-hybridized carbons (Fsp3) is 0.222. The van der Waals surface area contributed by atoms with Gasteiger partial charge in [0, 0.05) is 13.1 Å². The molecule has 138 valence electrons. The van der Waals surface area contributed by atoms with Crippen molar-refractivity contribution < 1.29 is 24.5 Å². The number of aliphatic carboxylic acids is 2. The monoisotopic (exact) mass is 397 g/mol. The molecule has 3 N–H and O–H groups in total. The molecule has 2 aromatic rings. The average Bonchev–Trinajstić information content (AvgIpc) is 2.58. The highest BCUT2D eigenvalue weighted by Crippen LogP contribution is 2.31. The van der Waals surface area contributed by atoms with Gasteiger partial charge in [0.15, 0.2) is 0 Å². The van der Waals surface area contributed by atoms with Gasteiger partial charge in [0.1, 0.15) is 5.60 Å². The van der Waals surface area contributed by atoms with Crippen LogP contribution in [0.1, 0.15) is 11.1 Å². The second kappa shape index (κ2) is 9.00. The van der Waals surface area contributed by atoms with E-state index in [0.717, 1.165) is 18.7 Å². The maximum atomic E-state index is 9.10. The number of ether oxygens (including phenoxy) is 1. The zero-order valence-corrected chi connectivity index (χ0v) is 15.1. The van der Waals surface area contributed by atoms with Crippen LogP contribution >= 0.6 is 23.2 Å². The third-order valence-corrected chi connectivity index (χ3v) is 4.54. The number of carboxylic acid groups (broad SMARTS) is 2. The lowest BCUT2D eigenvalue weighted by molar-refractivity contribution is -0.159. The zero-order valence-electron chi connectivity index (χ0n) is 13.6. The van der Waals surface area contributed by atoms with Gasteiger partial charge >= 0.3 is 11.9 Å². The summed E-state index contributed by atoms with van der Waals surface area (Å²) in [5.74, 6) is -3.65. The van der Waals surface area contributed by atoms with Gasteiger partial charge in [0.05, 0.1) is 16.7 Å². The molecule has 0 spiro atoms. The summed E-state index contributed by atoms with van der Waals surface area (Å²) < 4.78 is 6.17. The van der Waals surface area contributed by atoms with Crippen LogP contribution in [0.5, 0.6) is 0 Å². The smallest absolute Gasteiger partial charge is 0.414 e. The van der Waals surface area contributed by atoms with Gasteiger partial charge in [0.25, 0.3) is 0 Å². The number of halogens is 2. The van der Waals surface area contributed by atoms with Crippen LogP contribution in [0.25, 0.3) is 0 Å². The Kier molecular flexibility index (Phi) is 6.99. The molecule has 26 heavy (non-hydrogen) atoms. The number of carboxylic acids is 2. The van der Waals surface area contributed by atoms with Gasteiger partial charge in [-0.05, 0) is 23.3 Å². The van der Waals surface area contributed by atoms with Crippen LogP contribution in [0.4, 0.5) is 0 Å². The average molecular weight is 398 g/mol. The first kappa shape index (κ1) is 20.2. The van der Waals surface area contributed by atoms with Crippen molar-refractivity contribution in [3.05, 3.63) is 69.7 Å². The molecule has 1 heterocycles. The standard InChI is InChI=1S/C16H15Cl2NO.C2H2O4/c17-14-7-6-12(8-15(14)18)9-20-16(10-19-11-16)13-4-2-1-3-5-13;3-1(4)2(5)6/h1-8,19H,9-11H2;(H,3,4)(H,5,6). The molecular formula is C18H17Cl2NO5. The second-order valence-corrected chi connectivity index (χ2v) is 6.43. The van der Waals surface area contributed by atoms with Gasteiger partial charge in [-0.25, -0.2) is 9.59 Å². The normalized spacial score (nSPS) is 14.5. The minimum absolute atomic E-state index is 0.229. The predicted octanol–water partition coefficient (Wildman–Crippen LogP) is 3.16. The summed E-state index contributed by atoms with van der Waals surface area (Å²) in [6.07, 6.45) is 0. The van der Waals surface area contributed by atoms with Gasteiger partial charge < -0.3 is 20.3 Å². The molecule has 1 fully saturated rings. The Morgan fingerprint density at radius 1 is 1.00 bits per heavy atom. The molecule has 3 rings (SSSR count). The molecule has 0 saturated carbocycles. The first-order valence-corrected chi connectivity index (χ1v) is 8.40. The van der Waals surface area contributed by atoms with Crippen LogP contribution < -0.4 is 5.32 Å². The molecule has 2 aromatic carbocycles. The van der Waals surface area contributed by atoms with Gasteiger partial charge in [-0.1, -0.05) is 59.6 Å². The van der Waals surface area contributed by atoms with Crippen LogP contribution in [0, 0.1) is 0 Å². The summed E-state index contributed by atoms with van der Waals surface area (Å²) in [6.45, 7) is 2.18. The Balaban J connectivity index is 0.000000352. The SMILES string of the molecule is Clc1ccc(COC2(c3ccccc3)CNC2)cc1Cl.O=C(O)C(=O)O. The molecule has 8 heteroatoms. The number of hydrogen-bond acceptors (Lipinski definition) is 4. The van der Waals surface area contributed by atoms with E-state index in [4.69, 9.17) is 47.7 Å². The number of carbonyl (C=O) groups is 2. The van der Waals surface area contributed by atoms with Crippen LogP contribution in [0.15, 0.2) is 48.5 Å². The highest BCUT2D eigenvalue weighted by atomic mass is 35.5. The summed E-state index contributed by atoms with van der Waals surface area (Å²) in [5.41, 5.74) is 2.01. The molecule has 0 atom stereocenters. The van der Waals surface area contributed by atoms with Crippen molar-refractivity contribution in [2.24, 2.45) is 0 Å². The Morgan fingerprint density at radius 3 is 2.08 bits per heavy atom. The van der Waals surface area contributed by atoms with Crippen molar-refractivity contribution in [1.29, 1.82) is 0 Å². The van der Waals surface area contributed by atoms with E-state index in [-0.39, 0.29) is 5.60 Å². The molecule has 1 aliphatic rings. The van der Waals surface area contributed by atoms with Crippen LogP contribution in [-0.4, -0.2) is 35.2 Å². The summed E-state index contributed by atoms with van der Waals surface area (Å²) >= 11 is 12.0. The Bertz CT molecular complexity index is 766. The van der Waals surface area contributed by atoms with E-state index in [9.17, 15) is 0 Å². The lowest BCUT2D eigenvalue weighted by Gasteiger charge is -2.42. The molecule has 0 bridgehead atoms. The largest absolute Gasteiger partial charge is 0.473 e. The minimum atomic E-state index is -1.82. The van der Waals surface area contributed by atoms with Crippen molar-refractivity contribution in [2.45, 2.75) is 12.2 Å². The second-order valence-electron chi connectivity index (χ2n) is 5.61. The van der Waals surface area contributed by atoms with Crippen molar-refractivity contribution in [3.63, 3.8) is 0 Å². The molecule has 0 amide bonds. The zero-order chi connectivity index (χ0) is 19.2. The molecular weight excluding hydrogens is 381 g/mol. The van der Waals surface area contributed by atoms with Gasteiger partial charge in [0.2, 0.25) is 0 Å². The summed E-state index contributed by atoms with van der Waals surface area (Å²) in [6, 6.07) is 15.9. The Hall–Kier alpha value is -2.12. The van der Waals surface area contributed by atoms with E-state index >= 15 is 0 Å².